The minimum atomic E-state index is -3.87. The SMILES string of the molecule is Cc1cc(NS(=O)(=O)c2cc(C(=O)O)sc2C)cnc1Cl. The fraction of sp³-hybridized carbons (Fsp3) is 0.167. The summed E-state index contributed by atoms with van der Waals surface area (Å²) in [5.41, 5.74) is 0.893. The summed E-state index contributed by atoms with van der Waals surface area (Å²) in [4.78, 5) is 15.1. The molecule has 0 fully saturated rings. The Balaban J connectivity index is 2.38. The summed E-state index contributed by atoms with van der Waals surface area (Å²) in [6.45, 7) is 3.25. The van der Waals surface area contributed by atoms with Crippen LogP contribution in [0.4, 0.5) is 5.69 Å². The predicted octanol–water partition coefficient (Wildman–Crippen LogP) is 2.91. The molecule has 0 aromatic carbocycles. The molecule has 0 amide bonds. The summed E-state index contributed by atoms with van der Waals surface area (Å²) >= 11 is 6.69. The second-order valence-corrected chi connectivity index (χ2v) is 7.54. The quantitative estimate of drug-likeness (QED) is 0.830. The van der Waals surface area contributed by atoms with E-state index in [1.165, 1.54) is 6.20 Å². The van der Waals surface area contributed by atoms with E-state index in [2.05, 4.69) is 9.71 Å². The van der Waals surface area contributed by atoms with Crippen LogP contribution in [0, 0.1) is 13.8 Å². The van der Waals surface area contributed by atoms with Gasteiger partial charge in [-0.2, -0.15) is 0 Å². The lowest BCUT2D eigenvalue weighted by atomic mass is 10.3. The van der Waals surface area contributed by atoms with Crippen molar-refractivity contribution in [3.63, 3.8) is 0 Å². The molecule has 2 rings (SSSR count). The van der Waals surface area contributed by atoms with Crippen molar-refractivity contribution in [2.24, 2.45) is 0 Å². The van der Waals surface area contributed by atoms with Gasteiger partial charge in [-0.15, -0.1) is 11.3 Å². The lowest BCUT2D eigenvalue weighted by Gasteiger charge is -2.08. The zero-order chi connectivity index (χ0) is 15.8. The zero-order valence-electron chi connectivity index (χ0n) is 11.0. The number of hydrogen-bond acceptors (Lipinski definition) is 5. The number of aromatic carboxylic acids is 1. The number of carboxylic acid groups (broad SMARTS) is 1. The maximum Gasteiger partial charge on any atom is 0.345 e. The Hall–Kier alpha value is -1.64. The van der Waals surface area contributed by atoms with Gasteiger partial charge in [0.15, 0.2) is 0 Å². The van der Waals surface area contributed by atoms with Crippen LogP contribution in [0.5, 0.6) is 0 Å². The fourth-order valence-electron chi connectivity index (χ4n) is 1.66. The smallest absolute Gasteiger partial charge is 0.345 e. The number of anilines is 1. The first-order chi connectivity index (χ1) is 9.70. The minimum absolute atomic E-state index is 0.0294. The predicted molar refractivity (Wildman–Crippen MR) is 80.8 cm³/mol. The number of pyridine rings is 1. The minimum Gasteiger partial charge on any atom is -0.477 e. The average molecular weight is 347 g/mol. The van der Waals surface area contributed by atoms with Crippen LogP contribution < -0.4 is 4.72 Å². The molecular formula is C12H11ClN2O4S2. The maximum atomic E-state index is 12.3. The molecule has 0 aliphatic heterocycles. The van der Waals surface area contributed by atoms with Crippen molar-refractivity contribution in [3.05, 3.63) is 38.8 Å². The van der Waals surface area contributed by atoms with Crippen LogP contribution in [0.3, 0.4) is 0 Å². The molecule has 0 bridgehead atoms. The van der Waals surface area contributed by atoms with E-state index in [0.29, 0.717) is 10.4 Å². The van der Waals surface area contributed by atoms with Crippen LogP contribution >= 0.6 is 22.9 Å². The summed E-state index contributed by atoms with van der Waals surface area (Å²) in [6.07, 6.45) is 1.30. The molecule has 112 valence electrons. The molecular weight excluding hydrogens is 336 g/mol. The van der Waals surface area contributed by atoms with Crippen molar-refractivity contribution < 1.29 is 18.3 Å². The van der Waals surface area contributed by atoms with Gasteiger partial charge in [0.25, 0.3) is 10.0 Å². The molecule has 6 nitrogen and oxygen atoms in total. The Morgan fingerprint density at radius 3 is 2.57 bits per heavy atom. The van der Waals surface area contributed by atoms with Gasteiger partial charge in [0, 0.05) is 4.88 Å². The van der Waals surface area contributed by atoms with Crippen molar-refractivity contribution in [2.75, 3.05) is 4.72 Å². The number of carboxylic acids is 1. The number of aromatic nitrogens is 1. The third kappa shape index (κ3) is 3.34. The molecule has 0 aliphatic carbocycles. The molecule has 9 heteroatoms. The van der Waals surface area contributed by atoms with Crippen LogP contribution in [0.15, 0.2) is 23.2 Å². The second kappa shape index (κ2) is 5.63. The van der Waals surface area contributed by atoms with Gasteiger partial charge in [0.05, 0.1) is 11.9 Å². The molecule has 2 heterocycles. The van der Waals surface area contributed by atoms with Gasteiger partial charge in [-0.05, 0) is 31.5 Å². The highest BCUT2D eigenvalue weighted by molar-refractivity contribution is 7.93. The topological polar surface area (TPSA) is 96.4 Å². The highest BCUT2D eigenvalue weighted by atomic mass is 35.5. The van der Waals surface area contributed by atoms with E-state index in [4.69, 9.17) is 16.7 Å². The summed E-state index contributed by atoms with van der Waals surface area (Å²) in [7, 11) is -3.87. The van der Waals surface area contributed by atoms with Crippen LogP contribution in [-0.2, 0) is 10.0 Å². The first-order valence-electron chi connectivity index (χ1n) is 5.69. The van der Waals surface area contributed by atoms with E-state index < -0.39 is 16.0 Å². The van der Waals surface area contributed by atoms with Crippen LogP contribution in [0.1, 0.15) is 20.1 Å². The Bertz CT molecular complexity index is 815. The highest BCUT2D eigenvalue weighted by Gasteiger charge is 2.22. The van der Waals surface area contributed by atoms with Gasteiger partial charge in [-0.25, -0.2) is 18.2 Å². The summed E-state index contributed by atoms with van der Waals surface area (Å²) < 4.78 is 27.0. The third-order valence-corrected chi connectivity index (χ3v) is 5.71. The Kier molecular flexibility index (Phi) is 4.22. The number of rotatable bonds is 4. The molecule has 2 aromatic rings. The number of hydrogen-bond donors (Lipinski definition) is 2. The van der Waals surface area contributed by atoms with Crippen molar-refractivity contribution in [1.82, 2.24) is 4.98 Å². The van der Waals surface area contributed by atoms with Crippen molar-refractivity contribution in [3.8, 4) is 0 Å². The summed E-state index contributed by atoms with van der Waals surface area (Å²) in [5, 5.41) is 9.21. The molecule has 0 radical (unpaired) electrons. The Morgan fingerprint density at radius 1 is 1.38 bits per heavy atom. The Morgan fingerprint density at radius 2 is 2.05 bits per heavy atom. The monoisotopic (exact) mass is 346 g/mol. The van der Waals surface area contributed by atoms with Gasteiger partial charge >= 0.3 is 5.97 Å². The molecule has 21 heavy (non-hydrogen) atoms. The van der Waals surface area contributed by atoms with Gasteiger partial charge < -0.3 is 5.11 Å². The third-order valence-electron chi connectivity index (χ3n) is 2.64. The van der Waals surface area contributed by atoms with Gasteiger partial charge in [0.2, 0.25) is 0 Å². The van der Waals surface area contributed by atoms with Crippen LogP contribution in [0.2, 0.25) is 5.15 Å². The molecule has 0 saturated carbocycles. The number of thiophene rings is 1. The summed E-state index contributed by atoms with van der Waals surface area (Å²) in [5.74, 6) is -1.16. The van der Waals surface area contributed by atoms with E-state index >= 15 is 0 Å². The molecule has 0 unspecified atom stereocenters. The average Bonchev–Trinajstić information content (AvgIpc) is 2.77. The van der Waals surface area contributed by atoms with E-state index in [1.54, 1.807) is 19.9 Å². The maximum absolute atomic E-state index is 12.3. The number of sulfonamides is 1. The molecule has 0 saturated heterocycles. The first kappa shape index (κ1) is 15.7. The van der Waals surface area contributed by atoms with E-state index in [-0.39, 0.29) is 20.6 Å². The standard InChI is InChI=1S/C12H11ClN2O4S2/c1-6-3-8(5-14-11(6)13)15-21(18,19)10-4-9(12(16)17)20-7(10)2/h3-5,15H,1-2H3,(H,16,17). The van der Waals surface area contributed by atoms with Gasteiger partial charge in [-0.1, -0.05) is 11.6 Å². The van der Waals surface area contributed by atoms with E-state index in [0.717, 1.165) is 17.4 Å². The molecule has 0 atom stereocenters. The fourth-order valence-corrected chi connectivity index (χ4v) is 4.23. The number of nitrogens with zero attached hydrogens (tertiary/aromatic N) is 1. The van der Waals surface area contributed by atoms with Crippen molar-refractivity contribution in [1.29, 1.82) is 0 Å². The normalized spacial score (nSPS) is 11.4. The van der Waals surface area contributed by atoms with Crippen LogP contribution in [0.25, 0.3) is 0 Å². The number of halogens is 1. The molecule has 0 spiro atoms. The van der Waals surface area contributed by atoms with Crippen molar-refractivity contribution >= 4 is 44.6 Å². The van der Waals surface area contributed by atoms with E-state index in [9.17, 15) is 13.2 Å². The molecule has 0 aliphatic rings. The highest BCUT2D eigenvalue weighted by Crippen LogP contribution is 2.28. The molecule has 2 N–H and O–H groups in total. The largest absolute Gasteiger partial charge is 0.477 e. The van der Waals surface area contributed by atoms with Crippen LogP contribution in [-0.4, -0.2) is 24.5 Å². The second-order valence-electron chi connectivity index (χ2n) is 4.27. The lowest BCUT2D eigenvalue weighted by molar-refractivity contribution is 0.0702. The van der Waals surface area contributed by atoms with Crippen molar-refractivity contribution in [2.45, 2.75) is 18.7 Å². The van der Waals surface area contributed by atoms with Gasteiger partial charge in [0.1, 0.15) is 14.9 Å². The summed E-state index contributed by atoms with van der Waals surface area (Å²) in [6, 6.07) is 2.69. The number of aryl methyl sites for hydroxylation is 2. The van der Waals surface area contributed by atoms with Gasteiger partial charge in [-0.3, -0.25) is 4.72 Å². The first-order valence-corrected chi connectivity index (χ1v) is 8.37. The number of carbonyl (C=O) groups is 1. The number of nitrogens with one attached hydrogen (secondary N) is 1. The Labute approximate surface area is 130 Å². The molecule has 2 aromatic heterocycles. The zero-order valence-corrected chi connectivity index (χ0v) is 13.4. The lowest BCUT2D eigenvalue weighted by Crippen LogP contribution is -2.13. The van der Waals surface area contributed by atoms with E-state index in [1.807, 2.05) is 0 Å².